The lowest BCUT2D eigenvalue weighted by Crippen LogP contribution is -2.54. The van der Waals surface area contributed by atoms with E-state index in [1.807, 2.05) is 38.1 Å². The topological polar surface area (TPSA) is 86.7 Å². The predicted octanol–water partition coefficient (Wildman–Crippen LogP) is 2.11. The minimum atomic E-state index is -1.30. The Kier molecular flexibility index (Phi) is 5.26. The van der Waals surface area contributed by atoms with Crippen LogP contribution in [0, 0.1) is 12.8 Å². The van der Waals surface area contributed by atoms with Crippen molar-refractivity contribution < 1.29 is 19.5 Å². The van der Waals surface area contributed by atoms with Gasteiger partial charge in [0, 0.05) is 18.7 Å². The van der Waals surface area contributed by atoms with Crippen molar-refractivity contribution in [1.82, 2.24) is 5.32 Å². The molecule has 0 saturated carbocycles. The first-order valence-electron chi connectivity index (χ1n) is 8.19. The van der Waals surface area contributed by atoms with Gasteiger partial charge in [-0.2, -0.15) is 0 Å². The van der Waals surface area contributed by atoms with Gasteiger partial charge >= 0.3 is 5.97 Å². The second-order valence-electron chi connectivity index (χ2n) is 6.62. The zero-order valence-corrected chi connectivity index (χ0v) is 14.3. The van der Waals surface area contributed by atoms with Crippen LogP contribution in [0.2, 0.25) is 0 Å². The van der Waals surface area contributed by atoms with Gasteiger partial charge in [-0.15, -0.1) is 0 Å². The highest BCUT2D eigenvalue weighted by Gasteiger charge is 2.40. The van der Waals surface area contributed by atoms with Crippen molar-refractivity contribution in [3.8, 4) is 0 Å². The largest absolute Gasteiger partial charge is 0.480 e. The van der Waals surface area contributed by atoms with Crippen molar-refractivity contribution in [2.45, 2.75) is 45.6 Å². The molecule has 1 aromatic carbocycles. The highest BCUT2D eigenvalue weighted by molar-refractivity contribution is 6.01. The molecule has 0 bridgehead atoms. The fourth-order valence-corrected chi connectivity index (χ4v) is 2.95. The quantitative estimate of drug-likeness (QED) is 0.835. The Morgan fingerprint density at radius 1 is 1.33 bits per heavy atom. The molecule has 2 rings (SSSR count). The molecule has 6 heteroatoms. The summed E-state index contributed by atoms with van der Waals surface area (Å²) in [5.41, 5.74) is 0.554. The minimum Gasteiger partial charge on any atom is -0.480 e. The molecule has 0 spiro atoms. The summed E-state index contributed by atoms with van der Waals surface area (Å²) in [5.74, 6) is -2.09. The smallest absolute Gasteiger partial charge is 0.329 e. The fourth-order valence-electron chi connectivity index (χ4n) is 2.95. The van der Waals surface area contributed by atoms with Gasteiger partial charge in [-0.3, -0.25) is 9.59 Å². The third kappa shape index (κ3) is 3.75. The third-order valence-corrected chi connectivity index (χ3v) is 4.46. The second kappa shape index (κ2) is 7.03. The first-order chi connectivity index (χ1) is 11.3. The standard InChI is InChI=1S/C18H24N2O4/c1-4-9-18(3,17(23)24)19-16(22)13-10-15(21)20(11-13)14-7-5-12(2)6-8-14/h5-8,13H,4,9-11H2,1-3H3,(H,19,22)(H,23,24). The van der Waals surface area contributed by atoms with Crippen LogP contribution in [0.25, 0.3) is 0 Å². The van der Waals surface area contributed by atoms with Gasteiger partial charge in [0.25, 0.3) is 0 Å². The Hall–Kier alpha value is -2.37. The molecule has 1 aliphatic heterocycles. The van der Waals surface area contributed by atoms with E-state index in [0.717, 1.165) is 11.3 Å². The zero-order chi connectivity index (χ0) is 17.9. The molecule has 1 aromatic rings. The van der Waals surface area contributed by atoms with Crippen LogP contribution in [0.15, 0.2) is 24.3 Å². The van der Waals surface area contributed by atoms with Crippen molar-refractivity contribution >= 4 is 23.5 Å². The molecule has 2 unspecified atom stereocenters. The number of rotatable bonds is 6. The average Bonchev–Trinajstić information content (AvgIpc) is 2.90. The first kappa shape index (κ1) is 18.0. The van der Waals surface area contributed by atoms with Gasteiger partial charge in [-0.25, -0.2) is 4.79 Å². The number of carbonyl (C=O) groups excluding carboxylic acids is 2. The molecule has 6 nitrogen and oxygen atoms in total. The van der Waals surface area contributed by atoms with Crippen LogP contribution in [0.3, 0.4) is 0 Å². The normalized spacial score (nSPS) is 19.9. The molecule has 0 aliphatic carbocycles. The van der Waals surface area contributed by atoms with E-state index in [2.05, 4.69) is 5.32 Å². The number of nitrogens with zero attached hydrogens (tertiary/aromatic N) is 1. The first-order valence-corrected chi connectivity index (χ1v) is 8.19. The number of benzene rings is 1. The Bertz CT molecular complexity index is 641. The van der Waals surface area contributed by atoms with E-state index >= 15 is 0 Å². The van der Waals surface area contributed by atoms with Gasteiger partial charge in [0.1, 0.15) is 5.54 Å². The van der Waals surface area contributed by atoms with Crippen LogP contribution >= 0.6 is 0 Å². The maximum absolute atomic E-state index is 12.5. The second-order valence-corrected chi connectivity index (χ2v) is 6.62. The number of anilines is 1. The van der Waals surface area contributed by atoms with Crippen molar-refractivity contribution in [3.63, 3.8) is 0 Å². The van der Waals surface area contributed by atoms with Gasteiger partial charge < -0.3 is 15.3 Å². The van der Waals surface area contributed by atoms with Gasteiger partial charge in [0.15, 0.2) is 0 Å². The summed E-state index contributed by atoms with van der Waals surface area (Å²) in [6, 6.07) is 7.54. The zero-order valence-electron chi connectivity index (χ0n) is 14.3. The number of carboxylic acids is 1. The summed E-state index contributed by atoms with van der Waals surface area (Å²) in [6.45, 7) is 5.61. The number of hydrogen-bond donors (Lipinski definition) is 2. The number of carbonyl (C=O) groups is 3. The van der Waals surface area contributed by atoms with Crippen LogP contribution in [0.5, 0.6) is 0 Å². The summed E-state index contributed by atoms with van der Waals surface area (Å²) < 4.78 is 0. The van der Waals surface area contributed by atoms with Crippen LogP contribution in [-0.4, -0.2) is 35.0 Å². The Morgan fingerprint density at radius 3 is 2.50 bits per heavy atom. The van der Waals surface area contributed by atoms with Crippen molar-refractivity contribution in [3.05, 3.63) is 29.8 Å². The van der Waals surface area contributed by atoms with Gasteiger partial charge in [-0.05, 0) is 32.4 Å². The van der Waals surface area contributed by atoms with Crippen LogP contribution in [0.1, 0.15) is 38.7 Å². The van der Waals surface area contributed by atoms with E-state index in [0.29, 0.717) is 12.8 Å². The lowest BCUT2D eigenvalue weighted by Gasteiger charge is -2.27. The van der Waals surface area contributed by atoms with E-state index < -0.39 is 17.4 Å². The van der Waals surface area contributed by atoms with E-state index in [-0.39, 0.29) is 24.8 Å². The molecule has 1 saturated heterocycles. The lowest BCUT2D eigenvalue weighted by atomic mass is 9.95. The SMILES string of the molecule is CCCC(C)(NC(=O)C1CC(=O)N(c2ccc(C)cc2)C1)C(=O)O. The number of carboxylic acid groups (broad SMARTS) is 1. The van der Waals surface area contributed by atoms with E-state index in [1.54, 1.807) is 4.90 Å². The van der Waals surface area contributed by atoms with E-state index in [4.69, 9.17) is 0 Å². The molecular formula is C18H24N2O4. The van der Waals surface area contributed by atoms with E-state index in [1.165, 1.54) is 6.92 Å². The summed E-state index contributed by atoms with van der Waals surface area (Å²) in [4.78, 5) is 37.7. The van der Waals surface area contributed by atoms with Crippen molar-refractivity contribution in [1.29, 1.82) is 0 Å². The van der Waals surface area contributed by atoms with Crippen LogP contribution in [-0.2, 0) is 14.4 Å². The molecule has 2 atom stereocenters. The maximum Gasteiger partial charge on any atom is 0.329 e. The lowest BCUT2D eigenvalue weighted by molar-refractivity contribution is -0.147. The predicted molar refractivity (Wildman–Crippen MR) is 90.7 cm³/mol. The fraction of sp³-hybridized carbons (Fsp3) is 0.500. The Labute approximate surface area is 141 Å². The maximum atomic E-state index is 12.5. The molecular weight excluding hydrogens is 308 g/mol. The number of aryl methyl sites for hydroxylation is 1. The molecule has 1 heterocycles. The summed E-state index contributed by atoms with van der Waals surface area (Å²) in [7, 11) is 0. The van der Waals surface area contributed by atoms with Gasteiger partial charge in [0.05, 0.1) is 5.92 Å². The molecule has 0 radical (unpaired) electrons. The van der Waals surface area contributed by atoms with Crippen LogP contribution in [0.4, 0.5) is 5.69 Å². The molecule has 2 N–H and O–H groups in total. The molecule has 130 valence electrons. The third-order valence-electron chi connectivity index (χ3n) is 4.46. The van der Waals surface area contributed by atoms with Crippen molar-refractivity contribution in [2.24, 2.45) is 5.92 Å². The van der Waals surface area contributed by atoms with Crippen molar-refractivity contribution in [2.75, 3.05) is 11.4 Å². The number of nitrogens with one attached hydrogen (secondary N) is 1. The summed E-state index contributed by atoms with van der Waals surface area (Å²) in [5, 5.41) is 12.0. The minimum absolute atomic E-state index is 0.0987. The monoisotopic (exact) mass is 332 g/mol. The van der Waals surface area contributed by atoms with Crippen LogP contribution < -0.4 is 10.2 Å². The van der Waals surface area contributed by atoms with Gasteiger partial charge in [0.2, 0.25) is 11.8 Å². The van der Waals surface area contributed by atoms with E-state index in [9.17, 15) is 19.5 Å². The number of hydrogen-bond acceptors (Lipinski definition) is 3. The molecule has 1 fully saturated rings. The Balaban J connectivity index is 2.08. The molecule has 0 aromatic heterocycles. The number of amides is 2. The summed E-state index contributed by atoms with van der Waals surface area (Å²) in [6.07, 6.45) is 1.08. The average molecular weight is 332 g/mol. The molecule has 24 heavy (non-hydrogen) atoms. The summed E-state index contributed by atoms with van der Waals surface area (Å²) >= 11 is 0. The van der Waals surface area contributed by atoms with Gasteiger partial charge in [-0.1, -0.05) is 31.0 Å². The number of aliphatic carboxylic acids is 1. The Morgan fingerprint density at radius 2 is 1.96 bits per heavy atom. The highest BCUT2D eigenvalue weighted by Crippen LogP contribution is 2.26. The molecule has 2 amide bonds. The molecule has 1 aliphatic rings. The highest BCUT2D eigenvalue weighted by atomic mass is 16.4.